The largest absolute Gasteiger partial charge is 0.480 e. The molecule has 0 aliphatic carbocycles. The molecule has 0 amide bonds. The lowest BCUT2D eigenvalue weighted by molar-refractivity contribution is -0.138. The molecule has 1 aromatic heterocycles. The lowest BCUT2D eigenvalue weighted by Gasteiger charge is -2.15. The van der Waals surface area contributed by atoms with Crippen molar-refractivity contribution in [2.24, 2.45) is 0 Å². The minimum atomic E-state index is -0.913. The van der Waals surface area contributed by atoms with Crippen molar-refractivity contribution in [1.82, 2.24) is 15.1 Å². The van der Waals surface area contributed by atoms with Crippen LogP contribution >= 0.6 is 15.9 Å². The number of carbonyl (C=O) groups is 1. The molecule has 0 saturated heterocycles. The van der Waals surface area contributed by atoms with Crippen LogP contribution in [0.2, 0.25) is 0 Å². The molecule has 0 bridgehead atoms. The van der Waals surface area contributed by atoms with Crippen molar-refractivity contribution in [2.75, 3.05) is 13.1 Å². The number of carboxylic acid groups (broad SMARTS) is 1. The van der Waals surface area contributed by atoms with E-state index in [4.69, 9.17) is 9.52 Å². The number of rotatable bonds is 7. The molecule has 1 aromatic carbocycles. The third kappa shape index (κ3) is 4.51. The molecule has 6 nitrogen and oxygen atoms in total. The highest BCUT2D eigenvalue weighted by molar-refractivity contribution is 9.10. The number of benzene rings is 1. The second-order valence-electron chi connectivity index (χ2n) is 4.36. The minimum Gasteiger partial charge on any atom is -0.480 e. The van der Waals surface area contributed by atoms with E-state index in [0.717, 1.165) is 10.0 Å². The van der Waals surface area contributed by atoms with E-state index in [2.05, 4.69) is 32.7 Å². The molecule has 0 spiro atoms. The molecule has 110 valence electrons. The summed E-state index contributed by atoms with van der Waals surface area (Å²) in [6, 6.07) is 7.49. The Balaban J connectivity index is 2.09. The van der Waals surface area contributed by atoms with Gasteiger partial charge in [-0.3, -0.25) is 9.69 Å². The quantitative estimate of drug-likeness (QED) is 0.772. The van der Waals surface area contributed by atoms with Gasteiger partial charge in [0.25, 0.3) is 0 Å². The first-order valence-electron chi connectivity index (χ1n) is 6.22. The van der Waals surface area contributed by atoms with Crippen molar-refractivity contribution in [3.8, 4) is 11.5 Å². The molecule has 0 unspecified atom stereocenters. The first-order valence-corrected chi connectivity index (χ1v) is 7.01. The van der Waals surface area contributed by atoms with Gasteiger partial charge in [0.1, 0.15) is 0 Å². The lowest BCUT2D eigenvalue weighted by atomic mass is 10.2. The fourth-order valence-electron chi connectivity index (χ4n) is 1.78. The normalized spacial score (nSPS) is 10.8. The Labute approximate surface area is 130 Å². The van der Waals surface area contributed by atoms with E-state index in [-0.39, 0.29) is 13.1 Å². The second kappa shape index (κ2) is 7.14. The molecule has 0 aliphatic heterocycles. The summed E-state index contributed by atoms with van der Waals surface area (Å²) in [5.41, 5.74) is 0.811. The average Bonchev–Trinajstić information content (AvgIpc) is 2.87. The van der Waals surface area contributed by atoms with Gasteiger partial charge in [0.05, 0.1) is 13.1 Å². The van der Waals surface area contributed by atoms with Gasteiger partial charge in [0.2, 0.25) is 11.8 Å². The highest BCUT2D eigenvalue weighted by Gasteiger charge is 2.14. The molecule has 2 rings (SSSR count). The van der Waals surface area contributed by atoms with Crippen molar-refractivity contribution in [3.05, 3.63) is 47.3 Å². The summed E-state index contributed by atoms with van der Waals surface area (Å²) in [5.74, 6) is -0.133. The second-order valence-corrected chi connectivity index (χ2v) is 5.28. The first-order chi connectivity index (χ1) is 10.1. The van der Waals surface area contributed by atoms with E-state index < -0.39 is 5.97 Å². The standard InChI is InChI=1S/C14H14BrN3O3/c1-2-7-18(9-13(19)20)8-12-16-17-14(21-12)10-3-5-11(15)6-4-10/h2-6H,1,7-9H2,(H,19,20). The van der Waals surface area contributed by atoms with Gasteiger partial charge in [-0.2, -0.15) is 0 Å². The van der Waals surface area contributed by atoms with Crippen molar-refractivity contribution < 1.29 is 14.3 Å². The van der Waals surface area contributed by atoms with Gasteiger partial charge in [-0.1, -0.05) is 22.0 Å². The first kappa shape index (κ1) is 15.4. The van der Waals surface area contributed by atoms with Crippen LogP contribution in [0.15, 0.2) is 45.8 Å². The number of aromatic nitrogens is 2. The molecule has 0 radical (unpaired) electrons. The maximum Gasteiger partial charge on any atom is 0.317 e. The molecule has 0 saturated carbocycles. The molecule has 0 fully saturated rings. The van der Waals surface area contributed by atoms with Crippen LogP contribution in [-0.2, 0) is 11.3 Å². The van der Waals surface area contributed by atoms with Crippen molar-refractivity contribution >= 4 is 21.9 Å². The van der Waals surface area contributed by atoms with Crippen molar-refractivity contribution in [2.45, 2.75) is 6.54 Å². The highest BCUT2D eigenvalue weighted by atomic mass is 79.9. The van der Waals surface area contributed by atoms with Gasteiger partial charge in [-0.05, 0) is 24.3 Å². The number of aliphatic carboxylic acids is 1. The molecule has 1 heterocycles. The third-order valence-corrected chi connectivity index (χ3v) is 3.19. The minimum absolute atomic E-state index is 0.109. The monoisotopic (exact) mass is 351 g/mol. The molecular formula is C14H14BrN3O3. The fraction of sp³-hybridized carbons (Fsp3) is 0.214. The Kier molecular flexibility index (Phi) is 5.24. The molecule has 0 atom stereocenters. The van der Waals surface area contributed by atoms with E-state index in [1.807, 2.05) is 24.3 Å². The van der Waals surface area contributed by atoms with Crippen molar-refractivity contribution in [1.29, 1.82) is 0 Å². The summed E-state index contributed by atoms with van der Waals surface area (Å²) in [6.45, 7) is 4.19. The zero-order valence-electron chi connectivity index (χ0n) is 11.2. The molecule has 1 N–H and O–H groups in total. The zero-order chi connectivity index (χ0) is 15.2. The van der Waals surface area contributed by atoms with Gasteiger partial charge >= 0.3 is 5.97 Å². The van der Waals surface area contributed by atoms with E-state index in [0.29, 0.717) is 18.3 Å². The van der Waals surface area contributed by atoms with Crippen LogP contribution in [-0.4, -0.2) is 39.3 Å². The molecule has 0 aliphatic rings. The smallest absolute Gasteiger partial charge is 0.317 e. The number of hydrogen-bond donors (Lipinski definition) is 1. The van der Waals surface area contributed by atoms with E-state index in [9.17, 15) is 4.79 Å². The maximum absolute atomic E-state index is 10.8. The third-order valence-electron chi connectivity index (χ3n) is 2.66. The number of hydrogen-bond acceptors (Lipinski definition) is 5. The number of carboxylic acids is 1. The molecule has 2 aromatic rings. The molecule has 21 heavy (non-hydrogen) atoms. The summed E-state index contributed by atoms with van der Waals surface area (Å²) in [5, 5.41) is 16.8. The zero-order valence-corrected chi connectivity index (χ0v) is 12.8. The fourth-order valence-corrected chi connectivity index (χ4v) is 2.04. The van der Waals surface area contributed by atoms with Crippen LogP contribution in [0.1, 0.15) is 5.89 Å². The van der Waals surface area contributed by atoms with Crippen LogP contribution in [0.3, 0.4) is 0 Å². The average molecular weight is 352 g/mol. The van der Waals surface area contributed by atoms with Crippen LogP contribution in [0.25, 0.3) is 11.5 Å². The predicted molar refractivity (Wildman–Crippen MR) is 80.5 cm³/mol. The van der Waals surface area contributed by atoms with Crippen LogP contribution in [0.4, 0.5) is 0 Å². The van der Waals surface area contributed by atoms with E-state index in [1.165, 1.54) is 0 Å². The van der Waals surface area contributed by atoms with E-state index in [1.54, 1.807) is 11.0 Å². The summed E-state index contributed by atoms with van der Waals surface area (Å²) >= 11 is 3.36. The van der Waals surface area contributed by atoms with Gasteiger partial charge in [-0.25, -0.2) is 0 Å². The summed E-state index contributed by atoms with van der Waals surface area (Å²) in [6.07, 6.45) is 1.63. The predicted octanol–water partition coefficient (Wildman–Crippen LogP) is 2.57. The SMILES string of the molecule is C=CCN(CC(=O)O)Cc1nnc(-c2ccc(Br)cc2)o1. The highest BCUT2D eigenvalue weighted by Crippen LogP contribution is 2.20. The topological polar surface area (TPSA) is 79.5 Å². The van der Waals surface area contributed by atoms with E-state index >= 15 is 0 Å². The number of halogens is 1. The summed E-state index contributed by atoms with van der Waals surface area (Å²) in [7, 11) is 0. The lowest BCUT2D eigenvalue weighted by Crippen LogP contribution is -2.29. The Morgan fingerprint density at radius 1 is 1.38 bits per heavy atom. The molecular weight excluding hydrogens is 338 g/mol. The maximum atomic E-state index is 10.8. The van der Waals surface area contributed by atoms with Crippen molar-refractivity contribution in [3.63, 3.8) is 0 Å². The Hall–Kier alpha value is -1.99. The Morgan fingerprint density at radius 3 is 2.71 bits per heavy atom. The van der Waals surface area contributed by atoms with Crippen LogP contribution in [0.5, 0.6) is 0 Å². The molecule has 7 heteroatoms. The Bertz CT molecular complexity index is 625. The van der Waals surface area contributed by atoms with Gasteiger partial charge in [-0.15, -0.1) is 16.8 Å². The summed E-state index contributed by atoms with van der Waals surface area (Å²) < 4.78 is 6.52. The van der Waals surface area contributed by atoms with Gasteiger partial charge in [0, 0.05) is 16.6 Å². The number of nitrogens with zero attached hydrogens (tertiary/aromatic N) is 3. The Morgan fingerprint density at radius 2 is 2.10 bits per heavy atom. The van der Waals surface area contributed by atoms with Gasteiger partial charge in [0.15, 0.2) is 0 Å². The summed E-state index contributed by atoms with van der Waals surface area (Å²) in [4.78, 5) is 12.4. The van der Waals surface area contributed by atoms with Gasteiger partial charge < -0.3 is 9.52 Å². The van der Waals surface area contributed by atoms with Crippen LogP contribution < -0.4 is 0 Å². The van der Waals surface area contributed by atoms with Crippen LogP contribution in [0, 0.1) is 0 Å².